The fourth-order valence-corrected chi connectivity index (χ4v) is 3.77. The van der Waals surface area contributed by atoms with Crippen molar-refractivity contribution in [3.8, 4) is 5.75 Å². The van der Waals surface area contributed by atoms with E-state index >= 15 is 0 Å². The standard InChI is InChI=1S/C24H31N3O3/c1-17-8-9-18(2)21(14-17)30-16-23(29)27-12-10-26(11-13-27)15-22(28)25-24-19(3)6-5-7-20(24)4/h5-9,14H,10-13,15-16H2,1-4H3,(H,25,28)/p+1. The van der Waals surface area contributed by atoms with E-state index in [1.54, 1.807) is 0 Å². The van der Waals surface area contributed by atoms with Crippen LogP contribution in [0.1, 0.15) is 22.3 Å². The summed E-state index contributed by atoms with van der Waals surface area (Å²) in [7, 11) is 0. The zero-order valence-electron chi connectivity index (χ0n) is 18.4. The van der Waals surface area contributed by atoms with E-state index in [9.17, 15) is 9.59 Å². The molecule has 6 nitrogen and oxygen atoms in total. The lowest BCUT2D eigenvalue weighted by atomic mass is 10.1. The average Bonchev–Trinajstić information content (AvgIpc) is 2.72. The Morgan fingerprint density at radius 2 is 1.67 bits per heavy atom. The molecule has 160 valence electrons. The molecule has 2 N–H and O–H groups in total. The number of amides is 2. The molecule has 2 aromatic rings. The number of para-hydroxylation sites is 1. The summed E-state index contributed by atoms with van der Waals surface area (Å²) < 4.78 is 5.75. The third kappa shape index (κ3) is 5.60. The maximum atomic E-state index is 12.5. The first-order chi connectivity index (χ1) is 14.3. The van der Waals surface area contributed by atoms with Gasteiger partial charge in [0.25, 0.3) is 11.8 Å². The van der Waals surface area contributed by atoms with Gasteiger partial charge in [0.1, 0.15) is 5.75 Å². The van der Waals surface area contributed by atoms with Crippen molar-refractivity contribution < 1.29 is 19.2 Å². The molecule has 3 rings (SSSR count). The van der Waals surface area contributed by atoms with Crippen molar-refractivity contribution in [1.82, 2.24) is 4.90 Å². The zero-order chi connectivity index (χ0) is 21.7. The summed E-state index contributed by atoms with van der Waals surface area (Å²) in [4.78, 5) is 28.0. The first-order valence-corrected chi connectivity index (χ1v) is 10.5. The number of quaternary nitrogens is 1. The number of piperazine rings is 1. The van der Waals surface area contributed by atoms with Gasteiger partial charge in [-0.25, -0.2) is 0 Å². The summed E-state index contributed by atoms with van der Waals surface area (Å²) in [5, 5.41) is 3.05. The number of benzene rings is 2. The minimum atomic E-state index is -0.00468. The SMILES string of the molecule is Cc1ccc(C)c(OCC(=O)N2CC[NH+](CC(=O)Nc3c(C)cccc3C)CC2)c1. The smallest absolute Gasteiger partial charge is 0.279 e. The molecular formula is C24H32N3O3+. The van der Waals surface area contributed by atoms with Crippen LogP contribution in [0, 0.1) is 27.7 Å². The van der Waals surface area contributed by atoms with Crippen LogP contribution in [-0.4, -0.2) is 56.0 Å². The van der Waals surface area contributed by atoms with Crippen LogP contribution in [0.15, 0.2) is 36.4 Å². The Labute approximate surface area is 178 Å². The van der Waals surface area contributed by atoms with Gasteiger partial charge in [-0.15, -0.1) is 0 Å². The average molecular weight is 411 g/mol. The van der Waals surface area contributed by atoms with E-state index in [1.165, 1.54) is 4.90 Å². The number of aryl methyl sites for hydroxylation is 4. The van der Waals surface area contributed by atoms with Gasteiger partial charge in [0.2, 0.25) is 0 Å². The summed E-state index contributed by atoms with van der Waals surface area (Å²) in [6, 6.07) is 12.0. The van der Waals surface area contributed by atoms with E-state index < -0.39 is 0 Å². The van der Waals surface area contributed by atoms with E-state index in [0.29, 0.717) is 19.6 Å². The molecule has 1 heterocycles. The van der Waals surface area contributed by atoms with Crippen molar-refractivity contribution in [2.75, 3.05) is 44.6 Å². The molecule has 0 aromatic heterocycles. The zero-order valence-corrected chi connectivity index (χ0v) is 18.4. The monoisotopic (exact) mass is 410 g/mol. The molecule has 6 heteroatoms. The number of anilines is 1. The first kappa shape index (κ1) is 21.8. The van der Waals surface area contributed by atoms with Gasteiger partial charge in [-0.1, -0.05) is 30.3 Å². The molecule has 0 unspecified atom stereocenters. The second-order valence-corrected chi connectivity index (χ2v) is 8.18. The molecule has 0 aliphatic carbocycles. The Balaban J connectivity index is 1.44. The van der Waals surface area contributed by atoms with Gasteiger partial charge in [-0.2, -0.15) is 0 Å². The van der Waals surface area contributed by atoms with Crippen molar-refractivity contribution in [2.45, 2.75) is 27.7 Å². The van der Waals surface area contributed by atoms with E-state index in [4.69, 9.17) is 4.74 Å². The number of rotatable bonds is 6. The number of hydrogen-bond donors (Lipinski definition) is 2. The Morgan fingerprint density at radius 1 is 1.00 bits per heavy atom. The first-order valence-electron chi connectivity index (χ1n) is 10.5. The Kier molecular flexibility index (Phi) is 7.11. The van der Waals surface area contributed by atoms with Crippen LogP contribution in [0.25, 0.3) is 0 Å². The van der Waals surface area contributed by atoms with Gasteiger partial charge in [-0.05, 0) is 56.0 Å². The second kappa shape index (κ2) is 9.76. The fraction of sp³-hybridized carbons (Fsp3) is 0.417. The van der Waals surface area contributed by atoms with Crippen LogP contribution in [0.2, 0.25) is 0 Å². The number of nitrogens with zero attached hydrogens (tertiary/aromatic N) is 1. The van der Waals surface area contributed by atoms with Crippen LogP contribution in [0.4, 0.5) is 5.69 Å². The summed E-state index contributed by atoms with van der Waals surface area (Å²) >= 11 is 0. The molecule has 1 saturated heterocycles. The van der Waals surface area contributed by atoms with Gasteiger partial charge in [0, 0.05) is 5.69 Å². The van der Waals surface area contributed by atoms with Crippen LogP contribution in [0.3, 0.4) is 0 Å². The lowest BCUT2D eigenvalue weighted by molar-refractivity contribution is -0.895. The lowest BCUT2D eigenvalue weighted by Crippen LogP contribution is -3.15. The largest absolute Gasteiger partial charge is 0.483 e. The van der Waals surface area contributed by atoms with Gasteiger partial charge in [0.15, 0.2) is 13.2 Å². The molecule has 2 aromatic carbocycles. The normalized spacial score (nSPS) is 14.5. The third-order valence-electron chi connectivity index (χ3n) is 5.67. The molecule has 0 spiro atoms. The van der Waals surface area contributed by atoms with Gasteiger partial charge < -0.3 is 19.9 Å². The third-order valence-corrected chi connectivity index (χ3v) is 5.67. The predicted molar refractivity (Wildman–Crippen MR) is 118 cm³/mol. The molecule has 1 fully saturated rings. The summed E-state index contributed by atoms with van der Waals surface area (Å²) in [5.41, 5.74) is 5.17. The van der Waals surface area contributed by atoms with Crippen LogP contribution in [0.5, 0.6) is 5.75 Å². The number of nitrogens with one attached hydrogen (secondary N) is 2. The summed E-state index contributed by atoms with van der Waals surface area (Å²) in [5.74, 6) is 0.770. The quantitative estimate of drug-likeness (QED) is 0.762. The van der Waals surface area contributed by atoms with Crippen LogP contribution < -0.4 is 15.0 Å². The molecule has 30 heavy (non-hydrogen) atoms. The molecular weight excluding hydrogens is 378 g/mol. The van der Waals surface area contributed by atoms with Gasteiger partial charge in [-0.3, -0.25) is 9.59 Å². The maximum absolute atomic E-state index is 12.5. The lowest BCUT2D eigenvalue weighted by Gasteiger charge is -2.32. The predicted octanol–water partition coefficient (Wildman–Crippen LogP) is 1.66. The van der Waals surface area contributed by atoms with Gasteiger partial charge in [0.05, 0.1) is 26.2 Å². The molecule has 0 saturated carbocycles. The van der Waals surface area contributed by atoms with Crippen molar-refractivity contribution in [2.24, 2.45) is 0 Å². The second-order valence-electron chi connectivity index (χ2n) is 8.18. The molecule has 2 amide bonds. The van der Waals surface area contributed by atoms with Crippen molar-refractivity contribution in [1.29, 1.82) is 0 Å². The van der Waals surface area contributed by atoms with E-state index in [0.717, 1.165) is 46.8 Å². The van der Waals surface area contributed by atoms with E-state index in [-0.39, 0.29) is 18.4 Å². The van der Waals surface area contributed by atoms with Crippen LogP contribution >= 0.6 is 0 Å². The molecule has 0 atom stereocenters. The Morgan fingerprint density at radius 3 is 2.33 bits per heavy atom. The minimum Gasteiger partial charge on any atom is -0.483 e. The van der Waals surface area contributed by atoms with Crippen LogP contribution in [-0.2, 0) is 9.59 Å². The number of hydrogen-bond acceptors (Lipinski definition) is 3. The van der Waals surface area contributed by atoms with Crippen molar-refractivity contribution in [3.63, 3.8) is 0 Å². The van der Waals surface area contributed by atoms with Crippen molar-refractivity contribution in [3.05, 3.63) is 58.7 Å². The number of carbonyl (C=O) groups is 2. The molecule has 1 aliphatic rings. The highest BCUT2D eigenvalue weighted by Crippen LogP contribution is 2.20. The van der Waals surface area contributed by atoms with Gasteiger partial charge >= 0.3 is 0 Å². The highest BCUT2D eigenvalue weighted by Gasteiger charge is 2.25. The fourth-order valence-electron chi connectivity index (χ4n) is 3.77. The van der Waals surface area contributed by atoms with E-state index in [1.807, 2.05) is 69.0 Å². The maximum Gasteiger partial charge on any atom is 0.279 e. The summed E-state index contributed by atoms with van der Waals surface area (Å²) in [6.07, 6.45) is 0. The highest BCUT2D eigenvalue weighted by atomic mass is 16.5. The molecule has 0 bridgehead atoms. The Bertz CT molecular complexity index is 898. The summed E-state index contributed by atoms with van der Waals surface area (Å²) in [6.45, 7) is 11.2. The van der Waals surface area contributed by atoms with E-state index in [2.05, 4.69) is 5.32 Å². The number of carbonyl (C=O) groups excluding carboxylic acids is 2. The van der Waals surface area contributed by atoms with Crippen molar-refractivity contribution >= 4 is 17.5 Å². The molecule has 1 aliphatic heterocycles. The Hall–Kier alpha value is -2.86. The minimum absolute atomic E-state index is 0.00468. The number of ether oxygens (including phenoxy) is 1. The molecule has 0 radical (unpaired) electrons. The topological polar surface area (TPSA) is 63.1 Å². The highest BCUT2D eigenvalue weighted by molar-refractivity contribution is 5.93.